The highest BCUT2D eigenvalue weighted by Crippen LogP contribution is 2.10. The number of carbonyl (C=O) groups excluding carboxylic acids is 1. The van der Waals surface area contributed by atoms with Crippen LogP contribution in [-0.2, 0) is 11.2 Å². The van der Waals surface area contributed by atoms with Gasteiger partial charge in [0.05, 0.1) is 12.2 Å². The molecule has 1 aromatic rings. The lowest BCUT2D eigenvalue weighted by Gasteiger charge is -2.04. The molecule has 93 valence electrons. The molecule has 0 aliphatic rings. The van der Waals surface area contributed by atoms with E-state index >= 15 is 0 Å². The van der Waals surface area contributed by atoms with Gasteiger partial charge in [-0.05, 0) is 37.5 Å². The predicted octanol–water partition coefficient (Wildman–Crippen LogP) is 3.80. The molecular formula is C15H21O2. The van der Waals surface area contributed by atoms with Crippen LogP contribution in [0.2, 0.25) is 0 Å². The molecule has 0 unspecified atom stereocenters. The number of benzene rings is 1. The molecule has 0 aromatic heterocycles. The van der Waals surface area contributed by atoms with Crippen LogP contribution in [0.15, 0.2) is 24.3 Å². The monoisotopic (exact) mass is 233 g/mol. The minimum atomic E-state index is -0.240. The Hall–Kier alpha value is -1.31. The van der Waals surface area contributed by atoms with Crippen molar-refractivity contribution < 1.29 is 9.53 Å². The summed E-state index contributed by atoms with van der Waals surface area (Å²) in [5, 5.41) is 0. The summed E-state index contributed by atoms with van der Waals surface area (Å²) in [6.07, 6.45) is 5.70. The molecule has 0 spiro atoms. The molecule has 0 atom stereocenters. The quantitative estimate of drug-likeness (QED) is 0.529. The SMILES string of the molecule is [CH2]CCCCCc1ccc(C(=O)OCC)cc1. The molecular weight excluding hydrogens is 212 g/mol. The second-order valence-corrected chi connectivity index (χ2v) is 4.08. The van der Waals surface area contributed by atoms with E-state index in [1.165, 1.54) is 24.8 Å². The van der Waals surface area contributed by atoms with Crippen molar-refractivity contribution in [2.75, 3.05) is 6.61 Å². The van der Waals surface area contributed by atoms with Gasteiger partial charge in [0.1, 0.15) is 0 Å². The number of rotatable bonds is 7. The number of ether oxygens (including phenoxy) is 1. The molecule has 0 saturated carbocycles. The van der Waals surface area contributed by atoms with Crippen molar-refractivity contribution in [3.05, 3.63) is 42.3 Å². The van der Waals surface area contributed by atoms with Gasteiger partial charge in [-0.25, -0.2) is 4.79 Å². The van der Waals surface area contributed by atoms with Gasteiger partial charge >= 0.3 is 5.97 Å². The van der Waals surface area contributed by atoms with Crippen LogP contribution in [0.5, 0.6) is 0 Å². The maximum atomic E-state index is 11.4. The number of carbonyl (C=O) groups is 1. The van der Waals surface area contributed by atoms with E-state index in [4.69, 9.17) is 4.74 Å². The third kappa shape index (κ3) is 5.03. The topological polar surface area (TPSA) is 26.3 Å². The molecule has 17 heavy (non-hydrogen) atoms. The van der Waals surface area contributed by atoms with Gasteiger partial charge in [0.25, 0.3) is 0 Å². The minimum Gasteiger partial charge on any atom is -0.462 e. The second kappa shape index (κ2) is 7.88. The van der Waals surface area contributed by atoms with Crippen LogP contribution < -0.4 is 0 Å². The van der Waals surface area contributed by atoms with Crippen molar-refractivity contribution in [1.82, 2.24) is 0 Å². The number of unbranched alkanes of at least 4 members (excludes halogenated alkanes) is 3. The minimum absolute atomic E-state index is 0.240. The predicted molar refractivity (Wildman–Crippen MR) is 69.9 cm³/mol. The fourth-order valence-electron chi connectivity index (χ4n) is 1.70. The van der Waals surface area contributed by atoms with Gasteiger partial charge in [-0.1, -0.05) is 38.3 Å². The van der Waals surface area contributed by atoms with Crippen LogP contribution in [0.4, 0.5) is 0 Å². The van der Waals surface area contributed by atoms with Crippen LogP contribution in [0, 0.1) is 6.92 Å². The smallest absolute Gasteiger partial charge is 0.338 e. The third-order valence-electron chi connectivity index (χ3n) is 2.68. The molecule has 2 nitrogen and oxygen atoms in total. The summed E-state index contributed by atoms with van der Waals surface area (Å²) in [4.78, 5) is 11.4. The van der Waals surface area contributed by atoms with Gasteiger partial charge in [0.2, 0.25) is 0 Å². The zero-order valence-corrected chi connectivity index (χ0v) is 10.6. The zero-order valence-electron chi connectivity index (χ0n) is 10.6. The Balaban J connectivity index is 2.42. The highest BCUT2D eigenvalue weighted by Gasteiger charge is 2.05. The summed E-state index contributed by atoms with van der Waals surface area (Å²) in [6.45, 7) is 6.06. The van der Waals surface area contributed by atoms with E-state index in [-0.39, 0.29) is 5.97 Å². The summed E-state index contributed by atoms with van der Waals surface area (Å²) in [5.74, 6) is -0.240. The fourth-order valence-corrected chi connectivity index (χ4v) is 1.70. The summed E-state index contributed by atoms with van der Waals surface area (Å²) < 4.78 is 4.93. The van der Waals surface area contributed by atoms with E-state index in [0.717, 1.165) is 12.8 Å². The van der Waals surface area contributed by atoms with Gasteiger partial charge < -0.3 is 4.74 Å². The molecule has 0 saturated heterocycles. The standard InChI is InChI=1S/C15H21O2/c1-3-5-6-7-8-13-9-11-14(12-10-13)15(16)17-4-2/h9-12H,1,3-8H2,2H3. The average Bonchev–Trinajstić information content (AvgIpc) is 2.36. The molecule has 0 fully saturated rings. The van der Waals surface area contributed by atoms with Crippen molar-refractivity contribution >= 4 is 5.97 Å². The first-order chi connectivity index (χ1) is 8.27. The van der Waals surface area contributed by atoms with Gasteiger partial charge in [-0.3, -0.25) is 0 Å². The first-order valence-electron chi connectivity index (χ1n) is 6.33. The summed E-state index contributed by atoms with van der Waals surface area (Å²) in [7, 11) is 0. The lowest BCUT2D eigenvalue weighted by Crippen LogP contribution is -2.04. The maximum Gasteiger partial charge on any atom is 0.338 e. The van der Waals surface area contributed by atoms with E-state index < -0.39 is 0 Å². The largest absolute Gasteiger partial charge is 0.462 e. The van der Waals surface area contributed by atoms with Gasteiger partial charge in [-0.15, -0.1) is 0 Å². The lowest BCUT2D eigenvalue weighted by atomic mass is 10.0. The van der Waals surface area contributed by atoms with Crippen LogP contribution in [0.1, 0.15) is 48.5 Å². The fraction of sp³-hybridized carbons (Fsp3) is 0.467. The molecule has 0 amide bonds. The summed E-state index contributed by atoms with van der Waals surface area (Å²) >= 11 is 0. The number of esters is 1. The molecule has 1 rings (SSSR count). The highest BCUT2D eigenvalue weighted by atomic mass is 16.5. The first-order valence-corrected chi connectivity index (χ1v) is 6.33. The van der Waals surface area contributed by atoms with Crippen LogP contribution in [-0.4, -0.2) is 12.6 Å². The van der Waals surface area contributed by atoms with Gasteiger partial charge in [0.15, 0.2) is 0 Å². The third-order valence-corrected chi connectivity index (χ3v) is 2.68. The number of hydrogen-bond donors (Lipinski definition) is 0. The lowest BCUT2D eigenvalue weighted by molar-refractivity contribution is 0.0526. The Bertz CT molecular complexity index is 327. The van der Waals surface area contributed by atoms with E-state index in [1.54, 1.807) is 0 Å². The summed E-state index contributed by atoms with van der Waals surface area (Å²) in [6, 6.07) is 7.70. The van der Waals surface area contributed by atoms with Crippen molar-refractivity contribution in [2.24, 2.45) is 0 Å². The van der Waals surface area contributed by atoms with E-state index in [9.17, 15) is 4.79 Å². The molecule has 2 heteroatoms. The molecule has 0 aliphatic heterocycles. The molecule has 1 aromatic carbocycles. The van der Waals surface area contributed by atoms with Crippen molar-refractivity contribution in [3.63, 3.8) is 0 Å². The Kier molecular flexibility index (Phi) is 6.38. The van der Waals surface area contributed by atoms with Crippen LogP contribution >= 0.6 is 0 Å². The molecule has 0 N–H and O–H groups in total. The molecule has 0 heterocycles. The molecule has 1 radical (unpaired) electrons. The van der Waals surface area contributed by atoms with E-state index in [1.807, 2.05) is 31.2 Å². The Morgan fingerprint density at radius 2 is 1.88 bits per heavy atom. The Morgan fingerprint density at radius 3 is 2.47 bits per heavy atom. The van der Waals surface area contributed by atoms with Crippen LogP contribution in [0.25, 0.3) is 0 Å². The second-order valence-electron chi connectivity index (χ2n) is 4.08. The zero-order chi connectivity index (χ0) is 12.5. The Morgan fingerprint density at radius 1 is 1.18 bits per heavy atom. The van der Waals surface area contributed by atoms with Crippen molar-refractivity contribution in [3.8, 4) is 0 Å². The molecule has 0 bridgehead atoms. The first kappa shape index (κ1) is 13.8. The van der Waals surface area contributed by atoms with Crippen molar-refractivity contribution in [2.45, 2.75) is 39.0 Å². The van der Waals surface area contributed by atoms with Crippen LogP contribution in [0.3, 0.4) is 0 Å². The van der Waals surface area contributed by atoms with Gasteiger partial charge in [-0.2, -0.15) is 0 Å². The van der Waals surface area contributed by atoms with Gasteiger partial charge in [0, 0.05) is 0 Å². The summed E-state index contributed by atoms with van der Waals surface area (Å²) in [5.41, 5.74) is 1.91. The number of hydrogen-bond acceptors (Lipinski definition) is 2. The maximum absolute atomic E-state index is 11.4. The Labute approximate surface area is 104 Å². The average molecular weight is 233 g/mol. The van der Waals surface area contributed by atoms with Crippen molar-refractivity contribution in [1.29, 1.82) is 0 Å². The van der Waals surface area contributed by atoms with E-state index in [2.05, 4.69) is 6.92 Å². The molecule has 0 aliphatic carbocycles. The van der Waals surface area contributed by atoms with E-state index in [0.29, 0.717) is 12.2 Å². The highest BCUT2D eigenvalue weighted by molar-refractivity contribution is 5.89. The normalized spacial score (nSPS) is 10.2. The number of aryl methyl sites for hydroxylation is 1.